The summed E-state index contributed by atoms with van der Waals surface area (Å²) in [5.74, 6) is 1.95. The third kappa shape index (κ3) is 1.95. The Hall–Kier alpha value is -1.59. The fourth-order valence-electron chi connectivity index (χ4n) is 2.70. The molecule has 2 heterocycles. The third-order valence-corrected chi connectivity index (χ3v) is 3.51. The fourth-order valence-corrected chi connectivity index (χ4v) is 2.70. The molecule has 18 heavy (non-hydrogen) atoms. The van der Waals surface area contributed by atoms with Gasteiger partial charge in [0, 0.05) is 19.0 Å². The van der Waals surface area contributed by atoms with Crippen LogP contribution in [0, 0.1) is 11.8 Å². The molecular weight excluding hydrogens is 234 g/mol. The van der Waals surface area contributed by atoms with E-state index in [4.69, 9.17) is 9.15 Å². The molecule has 0 spiro atoms. The average molecular weight is 251 g/mol. The number of nitrogens with zero attached hydrogens (tertiary/aromatic N) is 3. The summed E-state index contributed by atoms with van der Waals surface area (Å²) < 4.78 is 10.6. The molecule has 2 aliphatic rings. The summed E-state index contributed by atoms with van der Waals surface area (Å²) in [6.45, 7) is 7.09. The highest BCUT2D eigenvalue weighted by molar-refractivity contribution is 5.69. The number of carbonyl (C=O) groups is 1. The van der Waals surface area contributed by atoms with Crippen molar-refractivity contribution in [1.29, 1.82) is 0 Å². The van der Waals surface area contributed by atoms with Crippen molar-refractivity contribution in [2.75, 3.05) is 13.1 Å². The van der Waals surface area contributed by atoms with E-state index in [1.165, 1.54) is 6.39 Å². The maximum absolute atomic E-state index is 11.9. The van der Waals surface area contributed by atoms with Gasteiger partial charge in [-0.3, -0.25) is 0 Å². The van der Waals surface area contributed by atoms with Crippen LogP contribution in [0.2, 0.25) is 0 Å². The summed E-state index contributed by atoms with van der Waals surface area (Å²) in [5, 5.41) is 7.63. The van der Waals surface area contributed by atoms with Crippen LogP contribution in [0.15, 0.2) is 10.8 Å². The van der Waals surface area contributed by atoms with Crippen molar-refractivity contribution in [1.82, 2.24) is 15.1 Å². The molecule has 1 aliphatic heterocycles. The monoisotopic (exact) mass is 251 g/mol. The molecule has 6 nitrogen and oxygen atoms in total. The lowest BCUT2D eigenvalue weighted by Gasteiger charge is -2.25. The van der Waals surface area contributed by atoms with Crippen molar-refractivity contribution in [3.8, 4) is 0 Å². The Bertz CT molecular complexity index is 440. The van der Waals surface area contributed by atoms with Crippen molar-refractivity contribution in [3.63, 3.8) is 0 Å². The predicted octanol–water partition coefficient (Wildman–Crippen LogP) is 1.65. The Balaban J connectivity index is 1.56. The van der Waals surface area contributed by atoms with Crippen LogP contribution >= 0.6 is 0 Å². The molecule has 1 amide bonds. The molecule has 1 saturated heterocycles. The first-order valence-corrected chi connectivity index (χ1v) is 6.20. The fraction of sp³-hybridized carbons (Fsp3) is 0.750. The van der Waals surface area contributed by atoms with E-state index in [0.717, 1.165) is 13.1 Å². The van der Waals surface area contributed by atoms with Crippen molar-refractivity contribution in [2.24, 2.45) is 11.8 Å². The molecule has 0 bridgehead atoms. The molecular formula is C12H17N3O3. The van der Waals surface area contributed by atoms with Gasteiger partial charge in [0.1, 0.15) is 5.60 Å². The van der Waals surface area contributed by atoms with Gasteiger partial charge in [-0.2, -0.15) is 0 Å². The minimum absolute atomic E-state index is 0.223. The summed E-state index contributed by atoms with van der Waals surface area (Å²) in [4.78, 5) is 13.6. The van der Waals surface area contributed by atoms with Gasteiger partial charge < -0.3 is 14.1 Å². The number of likely N-dealkylation sites (tertiary alicyclic amines) is 1. The van der Waals surface area contributed by atoms with Crippen LogP contribution in [0.25, 0.3) is 0 Å². The van der Waals surface area contributed by atoms with Gasteiger partial charge in [-0.05, 0) is 32.6 Å². The summed E-state index contributed by atoms with van der Waals surface area (Å²) in [7, 11) is 0. The molecule has 2 fully saturated rings. The molecule has 0 aromatic carbocycles. The average Bonchev–Trinajstić information content (AvgIpc) is 2.76. The van der Waals surface area contributed by atoms with Gasteiger partial charge in [-0.1, -0.05) is 0 Å². The lowest BCUT2D eigenvalue weighted by molar-refractivity contribution is 0.0269. The maximum atomic E-state index is 11.9. The van der Waals surface area contributed by atoms with Gasteiger partial charge in [0.05, 0.1) is 0 Å². The summed E-state index contributed by atoms with van der Waals surface area (Å²) in [5.41, 5.74) is -0.435. The molecule has 2 atom stereocenters. The van der Waals surface area contributed by atoms with Gasteiger partial charge in [0.2, 0.25) is 12.3 Å². The Labute approximate surface area is 105 Å². The van der Waals surface area contributed by atoms with E-state index in [9.17, 15) is 4.79 Å². The molecule has 0 radical (unpaired) electrons. The number of aromatic nitrogens is 2. The summed E-state index contributed by atoms with van der Waals surface area (Å²) in [6.07, 6.45) is 1.13. The highest BCUT2D eigenvalue weighted by atomic mass is 16.6. The lowest BCUT2D eigenvalue weighted by Crippen LogP contribution is -2.36. The zero-order valence-electron chi connectivity index (χ0n) is 10.8. The van der Waals surface area contributed by atoms with E-state index < -0.39 is 5.60 Å². The smallest absolute Gasteiger partial charge is 0.410 e. The van der Waals surface area contributed by atoms with Crippen LogP contribution in [0.3, 0.4) is 0 Å². The summed E-state index contributed by atoms with van der Waals surface area (Å²) in [6, 6.07) is 0. The molecule has 98 valence electrons. The van der Waals surface area contributed by atoms with Crippen LogP contribution in [-0.4, -0.2) is 39.9 Å². The number of amides is 1. The van der Waals surface area contributed by atoms with Gasteiger partial charge in [-0.25, -0.2) is 4.79 Å². The zero-order chi connectivity index (χ0) is 12.9. The van der Waals surface area contributed by atoms with Crippen LogP contribution < -0.4 is 0 Å². The van der Waals surface area contributed by atoms with E-state index in [1.54, 1.807) is 4.90 Å². The minimum atomic E-state index is -0.435. The largest absolute Gasteiger partial charge is 0.444 e. The molecule has 1 aromatic rings. The van der Waals surface area contributed by atoms with E-state index >= 15 is 0 Å². The van der Waals surface area contributed by atoms with Gasteiger partial charge >= 0.3 is 6.09 Å². The number of piperidine rings is 1. The van der Waals surface area contributed by atoms with E-state index in [2.05, 4.69) is 10.2 Å². The molecule has 1 saturated carbocycles. The number of hydrogen-bond donors (Lipinski definition) is 0. The predicted molar refractivity (Wildman–Crippen MR) is 61.8 cm³/mol. The number of fused-ring (bicyclic) bond motifs is 1. The lowest BCUT2D eigenvalue weighted by atomic mass is 10.2. The number of ether oxygens (including phenoxy) is 1. The molecule has 2 unspecified atom stereocenters. The number of carbonyl (C=O) groups excluding carboxylic acids is 1. The first-order valence-electron chi connectivity index (χ1n) is 6.20. The second-order valence-electron chi connectivity index (χ2n) is 6.02. The normalized spacial score (nSPS) is 30.2. The topological polar surface area (TPSA) is 68.5 Å². The van der Waals surface area contributed by atoms with Gasteiger partial charge in [0.15, 0.2) is 0 Å². The Morgan fingerprint density at radius 1 is 1.44 bits per heavy atom. The molecule has 1 aromatic heterocycles. The van der Waals surface area contributed by atoms with Gasteiger partial charge in [0.25, 0.3) is 0 Å². The van der Waals surface area contributed by atoms with Crippen LogP contribution in [-0.2, 0) is 4.74 Å². The van der Waals surface area contributed by atoms with Crippen molar-refractivity contribution in [3.05, 3.63) is 12.3 Å². The first kappa shape index (κ1) is 11.5. The van der Waals surface area contributed by atoms with Crippen LogP contribution in [0.1, 0.15) is 32.6 Å². The Kier molecular flexibility index (Phi) is 2.36. The van der Waals surface area contributed by atoms with Crippen molar-refractivity contribution >= 4 is 6.09 Å². The van der Waals surface area contributed by atoms with E-state index in [1.807, 2.05) is 20.8 Å². The van der Waals surface area contributed by atoms with E-state index in [-0.39, 0.29) is 6.09 Å². The Morgan fingerprint density at radius 2 is 2.11 bits per heavy atom. The molecule has 3 rings (SSSR count). The highest BCUT2D eigenvalue weighted by Gasteiger charge is 2.60. The summed E-state index contributed by atoms with van der Waals surface area (Å²) >= 11 is 0. The number of hydrogen-bond acceptors (Lipinski definition) is 5. The minimum Gasteiger partial charge on any atom is -0.444 e. The molecule has 0 N–H and O–H groups in total. The molecule has 6 heteroatoms. The van der Waals surface area contributed by atoms with Crippen LogP contribution in [0.5, 0.6) is 0 Å². The molecule has 1 aliphatic carbocycles. The third-order valence-electron chi connectivity index (χ3n) is 3.51. The van der Waals surface area contributed by atoms with Crippen molar-refractivity contribution in [2.45, 2.75) is 32.3 Å². The van der Waals surface area contributed by atoms with E-state index in [0.29, 0.717) is 23.6 Å². The Morgan fingerprint density at radius 3 is 2.61 bits per heavy atom. The quantitative estimate of drug-likeness (QED) is 0.759. The van der Waals surface area contributed by atoms with Crippen molar-refractivity contribution < 1.29 is 13.9 Å². The maximum Gasteiger partial charge on any atom is 0.410 e. The van der Waals surface area contributed by atoms with Crippen LogP contribution in [0.4, 0.5) is 4.79 Å². The second-order valence-corrected chi connectivity index (χ2v) is 6.02. The second kappa shape index (κ2) is 3.70. The standard InChI is InChI=1S/C12H17N3O3/c1-12(2,3)18-11(16)15-4-7-8(5-15)9(7)10-14-13-6-17-10/h6-9H,4-5H2,1-3H3. The first-order chi connectivity index (χ1) is 8.46. The van der Waals surface area contributed by atoms with Gasteiger partial charge in [-0.15, -0.1) is 10.2 Å². The zero-order valence-corrected chi connectivity index (χ0v) is 10.8. The SMILES string of the molecule is CC(C)(C)OC(=O)N1CC2C(C1)C2c1nnco1. The number of rotatable bonds is 1. The highest BCUT2D eigenvalue weighted by Crippen LogP contribution is 2.57.